The molecular formula is C18H36N2Si. The highest BCUT2D eigenvalue weighted by atomic mass is 28.1. The first-order chi connectivity index (χ1) is 10.3. The number of piperidine rings is 2. The van der Waals surface area contributed by atoms with E-state index in [1.807, 2.05) is 0 Å². The van der Waals surface area contributed by atoms with Gasteiger partial charge in [0.2, 0.25) is 0 Å². The number of nitrogens with zero attached hydrogens (tertiary/aromatic N) is 2. The summed E-state index contributed by atoms with van der Waals surface area (Å²) in [6.45, 7) is 10.2. The van der Waals surface area contributed by atoms with Gasteiger partial charge in [0.05, 0.1) is 5.66 Å². The third-order valence-electron chi connectivity index (χ3n) is 5.84. The second kappa shape index (κ2) is 8.49. The number of likely N-dealkylation sites (tertiary alicyclic amines) is 2. The fraction of sp³-hybridized carbons (Fsp3) is 0.889. The molecule has 0 aromatic heterocycles. The normalized spacial score (nSPS) is 24.7. The summed E-state index contributed by atoms with van der Waals surface area (Å²) in [6.07, 6.45) is 13.5. The molecule has 3 heteroatoms. The standard InChI is InChI=1S/C18H36N2Si/c1-3-18(17(2)11-10-16-21,19-12-6-4-7-13-19)20-14-8-5-9-15-20/h10,16-17H,3-9,11-15H2,1-2,21H3/b16-10-. The van der Waals surface area contributed by atoms with Crippen LogP contribution in [-0.2, 0) is 0 Å². The van der Waals surface area contributed by atoms with E-state index in [9.17, 15) is 0 Å². The summed E-state index contributed by atoms with van der Waals surface area (Å²) >= 11 is 0. The molecule has 2 fully saturated rings. The molecule has 2 heterocycles. The molecule has 0 amide bonds. The maximum absolute atomic E-state index is 2.87. The molecule has 2 nitrogen and oxygen atoms in total. The average Bonchev–Trinajstić information content (AvgIpc) is 2.56. The Morgan fingerprint density at radius 1 is 0.952 bits per heavy atom. The Hall–Kier alpha value is -0.123. The minimum atomic E-state index is 0.321. The lowest BCUT2D eigenvalue weighted by atomic mass is 9.83. The predicted octanol–water partition coefficient (Wildman–Crippen LogP) is 2.97. The van der Waals surface area contributed by atoms with E-state index in [2.05, 4.69) is 35.4 Å². The average molecular weight is 309 g/mol. The third kappa shape index (κ3) is 3.80. The molecule has 0 aromatic rings. The highest BCUT2D eigenvalue weighted by Crippen LogP contribution is 2.38. The molecule has 21 heavy (non-hydrogen) atoms. The van der Waals surface area contributed by atoms with Crippen molar-refractivity contribution in [1.82, 2.24) is 9.80 Å². The SMILES string of the molecule is CCC(C(C)C/C=C\[SiH3])(N1CCCCC1)N1CCCCC1. The second-order valence-electron chi connectivity index (χ2n) is 7.03. The molecule has 2 saturated heterocycles. The minimum Gasteiger partial charge on any atom is -0.285 e. The first-order valence-electron chi connectivity index (χ1n) is 9.37. The van der Waals surface area contributed by atoms with Crippen molar-refractivity contribution in [3.63, 3.8) is 0 Å². The second-order valence-corrected chi connectivity index (χ2v) is 7.70. The van der Waals surface area contributed by atoms with Crippen molar-refractivity contribution >= 4 is 10.2 Å². The zero-order valence-corrected chi connectivity index (χ0v) is 16.6. The molecule has 0 N–H and O–H groups in total. The summed E-state index contributed by atoms with van der Waals surface area (Å²) in [7, 11) is 1.19. The molecule has 122 valence electrons. The van der Waals surface area contributed by atoms with E-state index in [1.165, 1.54) is 87.8 Å². The molecule has 2 aliphatic rings. The van der Waals surface area contributed by atoms with E-state index in [0.717, 1.165) is 5.92 Å². The topological polar surface area (TPSA) is 6.48 Å². The first kappa shape index (κ1) is 17.2. The van der Waals surface area contributed by atoms with Gasteiger partial charge in [-0.05, 0) is 70.6 Å². The van der Waals surface area contributed by atoms with Gasteiger partial charge in [-0.15, -0.1) is 5.70 Å². The zero-order chi connectivity index (χ0) is 15.1. The molecule has 0 spiro atoms. The predicted molar refractivity (Wildman–Crippen MR) is 96.7 cm³/mol. The summed E-state index contributed by atoms with van der Waals surface area (Å²) in [5.74, 6) is 0.740. The third-order valence-corrected chi connectivity index (χ3v) is 6.31. The fourth-order valence-electron chi connectivity index (χ4n) is 4.71. The van der Waals surface area contributed by atoms with Gasteiger partial charge in [-0.3, -0.25) is 9.80 Å². The number of allylic oxidation sites excluding steroid dienone is 1. The maximum atomic E-state index is 2.87. The molecule has 0 saturated carbocycles. The Morgan fingerprint density at radius 2 is 1.43 bits per heavy atom. The molecule has 0 bridgehead atoms. The summed E-state index contributed by atoms with van der Waals surface area (Å²) in [6, 6.07) is 0. The summed E-state index contributed by atoms with van der Waals surface area (Å²) in [4.78, 5) is 5.74. The molecule has 2 rings (SSSR count). The minimum absolute atomic E-state index is 0.321. The largest absolute Gasteiger partial charge is 0.285 e. The number of hydrogen-bond donors (Lipinski definition) is 0. The van der Waals surface area contributed by atoms with Crippen LogP contribution in [0.1, 0.15) is 65.2 Å². The van der Waals surface area contributed by atoms with E-state index >= 15 is 0 Å². The van der Waals surface area contributed by atoms with Crippen LogP contribution in [0, 0.1) is 5.92 Å². The summed E-state index contributed by atoms with van der Waals surface area (Å²) < 4.78 is 0. The number of rotatable bonds is 6. The quantitative estimate of drug-likeness (QED) is 0.696. The molecule has 0 aliphatic carbocycles. The molecule has 2 aliphatic heterocycles. The van der Waals surface area contributed by atoms with Gasteiger partial charge in [0.1, 0.15) is 0 Å². The Labute approximate surface area is 135 Å². The Morgan fingerprint density at radius 3 is 1.81 bits per heavy atom. The van der Waals surface area contributed by atoms with Crippen molar-refractivity contribution < 1.29 is 0 Å². The van der Waals surface area contributed by atoms with E-state index in [0.29, 0.717) is 5.66 Å². The van der Waals surface area contributed by atoms with Crippen molar-refractivity contribution in [2.75, 3.05) is 26.2 Å². The van der Waals surface area contributed by atoms with Crippen LogP contribution in [0.15, 0.2) is 11.8 Å². The first-order valence-corrected chi connectivity index (χ1v) is 10.5. The van der Waals surface area contributed by atoms with Crippen molar-refractivity contribution in [1.29, 1.82) is 0 Å². The summed E-state index contributed by atoms with van der Waals surface area (Å²) in [5.41, 5.74) is 2.69. The molecule has 0 aromatic carbocycles. The van der Waals surface area contributed by atoms with Crippen LogP contribution in [0.2, 0.25) is 0 Å². The monoisotopic (exact) mass is 308 g/mol. The van der Waals surface area contributed by atoms with Gasteiger partial charge in [0, 0.05) is 10.2 Å². The van der Waals surface area contributed by atoms with Gasteiger partial charge in [0.25, 0.3) is 0 Å². The fourth-order valence-corrected chi connectivity index (χ4v) is 4.98. The van der Waals surface area contributed by atoms with E-state index in [4.69, 9.17) is 0 Å². The van der Waals surface area contributed by atoms with Crippen LogP contribution in [0.5, 0.6) is 0 Å². The van der Waals surface area contributed by atoms with Gasteiger partial charge in [-0.1, -0.05) is 32.8 Å². The van der Waals surface area contributed by atoms with Crippen LogP contribution < -0.4 is 0 Å². The lowest BCUT2D eigenvalue weighted by molar-refractivity contribution is -0.114. The lowest BCUT2D eigenvalue weighted by Gasteiger charge is -2.56. The Kier molecular flexibility index (Phi) is 6.97. The lowest BCUT2D eigenvalue weighted by Crippen LogP contribution is -2.65. The van der Waals surface area contributed by atoms with Gasteiger partial charge < -0.3 is 0 Å². The molecule has 1 atom stereocenters. The highest BCUT2D eigenvalue weighted by Gasteiger charge is 2.45. The van der Waals surface area contributed by atoms with Crippen molar-refractivity contribution in [2.24, 2.45) is 5.92 Å². The van der Waals surface area contributed by atoms with Crippen LogP contribution in [0.4, 0.5) is 0 Å². The molecule has 0 radical (unpaired) electrons. The summed E-state index contributed by atoms with van der Waals surface area (Å²) in [5, 5.41) is 0. The molecule has 1 unspecified atom stereocenters. The number of hydrogen-bond acceptors (Lipinski definition) is 2. The highest BCUT2D eigenvalue weighted by molar-refractivity contribution is 6.16. The Balaban J connectivity index is 2.23. The van der Waals surface area contributed by atoms with Crippen LogP contribution in [0.3, 0.4) is 0 Å². The van der Waals surface area contributed by atoms with Gasteiger partial charge in [-0.25, -0.2) is 0 Å². The van der Waals surface area contributed by atoms with Crippen molar-refractivity contribution in [2.45, 2.75) is 70.9 Å². The molecular weight excluding hydrogens is 272 g/mol. The van der Waals surface area contributed by atoms with Gasteiger partial charge in [-0.2, -0.15) is 0 Å². The van der Waals surface area contributed by atoms with Gasteiger partial charge >= 0.3 is 0 Å². The maximum Gasteiger partial charge on any atom is 0.0764 e. The Bertz CT molecular complexity index is 299. The smallest absolute Gasteiger partial charge is 0.0764 e. The zero-order valence-electron chi connectivity index (χ0n) is 14.6. The van der Waals surface area contributed by atoms with Crippen molar-refractivity contribution in [3.05, 3.63) is 11.8 Å². The van der Waals surface area contributed by atoms with E-state index in [1.54, 1.807) is 0 Å². The van der Waals surface area contributed by atoms with Crippen molar-refractivity contribution in [3.8, 4) is 0 Å². The van der Waals surface area contributed by atoms with Crippen LogP contribution in [-0.4, -0.2) is 51.9 Å². The van der Waals surface area contributed by atoms with Crippen LogP contribution in [0.25, 0.3) is 0 Å². The van der Waals surface area contributed by atoms with Crippen LogP contribution >= 0.6 is 0 Å². The van der Waals surface area contributed by atoms with Gasteiger partial charge in [0.15, 0.2) is 0 Å². The van der Waals surface area contributed by atoms with E-state index in [-0.39, 0.29) is 0 Å². The van der Waals surface area contributed by atoms with E-state index < -0.39 is 0 Å².